The van der Waals surface area contributed by atoms with E-state index in [0.717, 1.165) is 27.0 Å². The fourth-order valence-corrected chi connectivity index (χ4v) is 3.69. The van der Waals surface area contributed by atoms with Crippen molar-refractivity contribution in [1.29, 1.82) is 0 Å². The number of hydrogen-bond donors (Lipinski definition) is 1. The zero-order chi connectivity index (χ0) is 22.2. The summed E-state index contributed by atoms with van der Waals surface area (Å²) in [6.45, 7) is 1.56. The molecule has 0 spiro atoms. The Hall–Kier alpha value is -3.81. The van der Waals surface area contributed by atoms with Crippen molar-refractivity contribution < 1.29 is 23.5 Å². The standard InChI is InChI=1S/C23H23N3O5/c1-23(19-5-4-10-31-19)21(28)26(22(29)24-23)14-20(27)25(2)13-15-6-7-17-12-18(30-3)9-8-16(17)11-15/h4-12H,13-14H2,1-3H3,(H,24,29). The number of carbonyl (C=O) groups excluding carboxylic acids is 3. The van der Waals surface area contributed by atoms with Crippen molar-refractivity contribution in [3.05, 3.63) is 66.1 Å². The van der Waals surface area contributed by atoms with Gasteiger partial charge in [-0.3, -0.25) is 14.5 Å². The number of fused-ring (bicyclic) bond motifs is 1. The molecule has 0 bridgehead atoms. The van der Waals surface area contributed by atoms with E-state index >= 15 is 0 Å². The molecular formula is C23H23N3O5. The maximum absolute atomic E-state index is 12.9. The van der Waals surface area contributed by atoms with Crippen molar-refractivity contribution in [3.63, 3.8) is 0 Å². The van der Waals surface area contributed by atoms with Gasteiger partial charge in [0.2, 0.25) is 5.91 Å². The molecule has 1 aliphatic heterocycles. The van der Waals surface area contributed by atoms with Crippen LogP contribution < -0.4 is 10.1 Å². The highest BCUT2D eigenvalue weighted by Gasteiger charge is 2.51. The van der Waals surface area contributed by atoms with Crippen molar-refractivity contribution in [2.75, 3.05) is 20.7 Å². The molecule has 1 unspecified atom stereocenters. The van der Waals surface area contributed by atoms with Crippen molar-refractivity contribution in [3.8, 4) is 5.75 Å². The highest BCUT2D eigenvalue weighted by atomic mass is 16.5. The Kier molecular flexibility index (Phi) is 5.14. The molecule has 8 heteroatoms. The minimum absolute atomic E-state index is 0.321. The van der Waals surface area contributed by atoms with E-state index in [1.54, 1.807) is 33.2 Å². The Morgan fingerprint density at radius 3 is 2.61 bits per heavy atom. The molecule has 4 rings (SSSR count). The topological polar surface area (TPSA) is 92.1 Å². The van der Waals surface area contributed by atoms with Crippen LogP contribution >= 0.6 is 0 Å². The predicted octanol–water partition coefficient (Wildman–Crippen LogP) is 2.87. The van der Waals surface area contributed by atoms with Crippen LogP contribution in [0.15, 0.2) is 59.2 Å². The van der Waals surface area contributed by atoms with Crippen molar-refractivity contribution in [2.24, 2.45) is 0 Å². The molecule has 2 heterocycles. The number of hydrogen-bond acceptors (Lipinski definition) is 5. The van der Waals surface area contributed by atoms with E-state index in [0.29, 0.717) is 12.3 Å². The van der Waals surface area contributed by atoms with Crippen molar-refractivity contribution in [2.45, 2.75) is 19.0 Å². The largest absolute Gasteiger partial charge is 0.497 e. The second kappa shape index (κ2) is 7.79. The van der Waals surface area contributed by atoms with Crippen molar-refractivity contribution >= 4 is 28.6 Å². The average Bonchev–Trinajstić information content (AvgIpc) is 3.37. The van der Waals surface area contributed by atoms with Crippen molar-refractivity contribution in [1.82, 2.24) is 15.1 Å². The number of nitrogens with zero attached hydrogens (tertiary/aromatic N) is 2. The Morgan fingerprint density at radius 1 is 1.16 bits per heavy atom. The van der Waals surface area contributed by atoms with Gasteiger partial charge in [0.1, 0.15) is 18.1 Å². The number of carbonyl (C=O) groups is 3. The minimum Gasteiger partial charge on any atom is -0.497 e. The maximum Gasteiger partial charge on any atom is 0.325 e. The van der Waals surface area contributed by atoms with Gasteiger partial charge in [0.25, 0.3) is 5.91 Å². The summed E-state index contributed by atoms with van der Waals surface area (Å²) in [5.41, 5.74) is -0.384. The highest BCUT2D eigenvalue weighted by molar-refractivity contribution is 6.08. The van der Waals surface area contributed by atoms with Crippen LogP contribution in [0.25, 0.3) is 10.8 Å². The zero-order valence-corrected chi connectivity index (χ0v) is 17.5. The molecule has 3 aromatic rings. The van der Waals surface area contributed by atoms with Crippen LogP contribution in [0, 0.1) is 0 Å². The molecule has 1 N–H and O–H groups in total. The first-order chi connectivity index (χ1) is 14.8. The molecule has 31 heavy (non-hydrogen) atoms. The molecule has 8 nitrogen and oxygen atoms in total. The average molecular weight is 421 g/mol. The number of rotatable bonds is 6. The first-order valence-electron chi connectivity index (χ1n) is 9.80. The summed E-state index contributed by atoms with van der Waals surface area (Å²) in [6.07, 6.45) is 1.43. The normalized spacial score (nSPS) is 18.4. The Bertz CT molecular complexity index is 1160. The van der Waals surface area contributed by atoms with Crippen LogP contribution in [0.2, 0.25) is 0 Å². The number of benzene rings is 2. The molecule has 1 saturated heterocycles. The fraction of sp³-hybridized carbons (Fsp3) is 0.261. The molecule has 1 atom stereocenters. The number of urea groups is 1. The maximum atomic E-state index is 12.9. The van der Waals surface area contributed by atoms with Gasteiger partial charge in [0.15, 0.2) is 5.54 Å². The van der Waals surface area contributed by atoms with Crippen LogP contribution in [0.4, 0.5) is 4.79 Å². The Morgan fingerprint density at radius 2 is 1.90 bits per heavy atom. The molecule has 1 aromatic heterocycles. The molecule has 160 valence electrons. The van der Waals surface area contributed by atoms with Crippen LogP contribution in [0.1, 0.15) is 18.2 Å². The quantitative estimate of drug-likeness (QED) is 0.618. The van der Waals surface area contributed by atoms with Gasteiger partial charge in [-0.05, 0) is 53.6 Å². The lowest BCUT2D eigenvalue weighted by Gasteiger charge is -2.22. The summed E-state index contributed by atoms with van der Waals surface area (Å²) >= 11 is 0. The first-order valence-corrected chi connectivity index (χ1v) is 9.80. The zero-order valence-electron chi connectivity index (χ0n) is 17.5. The van der Waals surface area contributed by atoms with E-state index in [2.05, 4.69) is 5.32 Å². The fourth-order valence-electron chi connectivity index (χ4n) is 3.69. The SMILES string of the molecule is COc1ccc2cc(CN(C)C(=O)CN3C(=O)NC(C)(c4ccco4)C3=O)ccc2c1. The Balaban J connectivity index is 1.44. The second-order valence-corrected chi connectivity index (χ2v) is 7.72. The Labute approximate surface area is 179 Å². The number of amides is 4. The van der Waals surface area contributed by atoms with Gasteiger partial charge in [-0.1, -0.05) is 18.2 Å². The summed E-state index contributed by atoms with van der Waals surface area (Å²) in [6, 6.07) is 14.3. The molecule has 2 aromatic carbocycles. The van der Waals surface area contributed by atoms with E-state index in [9.17, 15) is 14.4 Å². The van der Waals surface area contributed by atoms with Gasteiger partial charge >= 0.3 is 6.03 Å². The van der Waals surface area contributed by atoms with Gasteiger partial charge in [-0.25, -0.2) is 4.79 Å². The van der Waals surface area contributed by atoms with E-state index in [1.807, 2.05) is 36.4 Å². The lowest BCUT2D eigenvalue weighted by molar-refractivity contribution is -0.138. The number of likely N-dealkylation sites (N-methyl/N-ethyl adjacent to an activating group) is 1. The monoisotopic (exact) mass is 421 g/mol. The molecule has 4 amide bonds. The summed E-state index contributed by atoms with van der Waals surface area (Å²) in [4.78, 5) is 40.4. The third kappa shape index (κ3) is 3.72. The first kappa shape index (κ1) is 20.5. The van der Waals surface area contributed by atoms with Gasteiger partial charge in [0.05, 0.1) is 13.4 Å². The van der Waals surface area contributed by atoms with Gasteiger partial charge in [-0.2, -0.15) is 0 Å². The lowest BCUT2D eigenvalue weighted by atomic mass is 9.99. The van der Waals surface area contributed by atoms with E-state index in [4.69, 9.17) is 9.15 Å². The van der Waals surface area contributed by atoms with Crippen LogP contribution in [-0.2, 0) is 21.7 Å². The molecule has 1 aliphatic rings. The van der Waals surface area contributed by atoms with E-state index in [1.165, 1.54) is 11.2 Å². The molecular weight excluding hydrogens is 398 g/mol. The predicted molar refractivity (Wildman–Crippen MR) is 113 cm³/mol. The summed E-state index contributed by atoms with van der Waals surface area (Å²) in [7, 11) is 3.27. The number of furan rings is 1. The number of methoxy groups -OCH3 is 1. The third-order valence-electron chi connectivity index (χ3n) is 5.54. The molecule has 0 radical (unpaired) electrons. The molecule has 0 saturated carbocycles. The number of imide groups is 1. The van der Waals surface area contributed by atoms with Gasteiger partial charge < -0.3 is 19.4 Å². The van der Waals surface area contributed by atoms with Crippen LogP contribution in [0.5, 0.6) is 5.75 Å². The van der Waals surface area contributed by atoms with Gasteiger partial charge in [-0.15, -0.1) is 0 Å². The van der Waals surface area contributed by atoms with Gasteiger partial charge in [0, 0.05) is 13.6 Å². The smallest absolute Gasteiger partial charge is 0.325 e. The summed E-state index contributed by atoms with van der Waals surface area (Å²) in [5.74, 6) is 0.237. The second-order valence-electron chi connectivity index (χ2n) is 7.72. The molecule has 1 fully saturated rings. The number of nitrogens with one attached hydrogen (secondary N) is 1. The minimum atomic E-state index is -1.32. The summed E-state index contributed by atoms with van der Waals surface area (Å²) in [5, 5.41) is 4.68. The van der Waals surface area contributed by atoms with Crippen LogP contribution in [0.3, 0.4) is 0 Å². The van der Waals surface area contributed by atoms with E-state index < -0.39 is 17.5 Å². The highest BCUT2D eigenvalue weighted by Crippen LogP contribution is 2.29. The van der Waals surface area contributed by atoms with E-state index in [-0.39, 0.29) is 12.5 Å². The summed E-state index contributed by atoms with van der Waals surface area (Å²) < 4.78 is 10.5. The number of ether oxygens (including phenoxy) is 1. The van der Waals surface area contributed by atoms with Crippen LogP contribution in [-0.4, -0.2) is 48.3 Å². The third-order valence-corrected chi connectivity index (χ3v) is 5.54. The molecule has 0 aliphatic carbocycles. The lowest BCUT2D eigenvalue weighted by Crippen LogP contribution is -2.43.